The van der Waals surface area contributed by atoms with Crippen LogP contribution in [0.3, 0.4) is 0 Å². The summed E-state index contributed by atoms with van der Waals surface area (Å²) in [4.78, 5) is 43.3. The molecule has 4 heterocycles. The van der Waals surface area contributed by atoms with Crippen molar-refractivity contribution >= 4 is 23.3 Å². The second-order valence-electron chi connectivity index (χ2n) is 14.7. The highest BCUT2D eigenvalue weighted by Crippen LogP contribution is 2.31. The van der Waals surface area contributed by atoms with E-state index in [9.17, 15) is 19.5 Å². The molecule has 4 fully saturated rings. The van der Waals surface area contributed by atoms with E-state index in [2.05, 4.69) is 67.1 Å². The fraction of sp³-hybridized carbons (Fsp3) is 0.370. The summed E-state index contributed by atoms with van der Waals surface area (Å²) in [6, 6.07) is 9.59. The van der Waals surface area contributed by atoms with Crippen LogP contribution in [0.4, 0.5) is 0 Å². The Bertz CT molecular complexity index is 1830. The number of carbonyl (C=O) groups is 3. The van der Waals surface area contributed by atoms with Crippen molar-refractivity contribution < 1.29 is 24.2 Å². The van der Waals surface area contributed by atoms with Crippen LogP contribution >= 0.6 is 0 Å². The van der Waals surface area contributed by atoms with Crippen molar-refractivity contribution in [3.8, 4) is 0 Å². The third-order valence-electron chi connectivity index (χ3n) is 10.9. The summed E-state index contributed by atoms with van der Waals surface area (Å²) >= 11 is 0. The Hall–Kier alpha value is -5.41. The zero-order chi connectivity index (χ0) is 39.5. The zero-order valence-corrected chi connectivity index (χ0v) is 32.3. The van der Waals surface area contributed by atoms with Crippen molar-refractivity contribution in [2.45, 2.75) is 64.0 Å². The smallest absolute Gasteiger partial charge is 0.254 e. The Balaban J connectivity index is 1.06. The third kappa shape index (κ3) is 10.9. The Morgan fingerprint density at radius 1 is 0.964 bits per heavy atom. The number of rotatable bonds is 15. The first kappa shape index (κ1) is 40.8. The van der Waals surface area contributed by atoms with Gasteiger partial charge in [0.25, 0.3) is 5.91 Å². The van der Waals surface area contributed by atoms with Crippen molar-refractivity contribution in [3.63, 3.8) is 0 Å². The number of nitrogens with one attached hydrogen (secondary N) is 1. The van der Waals surface area contributed by atoms with Crippen molar-refractivity contribution in [2.75, 3.05) is 39.3 Å². The number of imide groups is 1. The highest BCUT2D eigenvalue weighted by molar-refractivity contribution is 6.06. The molecule has 4 aliphatic heterocycles. The van der Waals surface area contributed by atoms with Gasteiger partial charge >= 0.3 is 0 Å². The molecule has 290 valence electrons. The van der Waals surface area contributed by atoms with Gasteiger partial charge in [0, 0.05) is 57.0 Å². The lowest BCUT2D eigenvalue weighted by atomic mass is 9.92. The quantitative estimate of drug-likeness (QED) is 0.0831. The molecule has 0 spiro atoms. The highest BCUT2D eigenvalue weighted by atomic mass is 16.5. The number of allylic oxidation sites excluding steroid dienone is 10. The molecule has 9 nitrogen and oxygen atoms in total. The van der Waals surface area contributed by atoms with E-state index >= 15 is 0 Å². The number of amides is 3. The van der Waals surface area contributed by atoms with Crippen LogP contribution in [-0.2, 0) is 19.1 Å². The third-order valence-corrected chi connectivity index (χ3v) is 10.9. The number of nitrogens with zero attached hydrogens (tertiary/aromatic N) is 3. The van der Waals surface area contributed by atoms with E-state index in [1.807, 2.05) is 42.5 Å². The van der Waals surface area contributed by atoms with Crippen molar-refractivity contribution in [1.29, 1.82) is 0 Å². The number of carbonyl (C=O) groups excluding carboxylic acids is 3. The van der Waals surface area contributed by atoms with Gasteiger partial charge in [-0.2, -0.15) is 0 Å². The van der Waals surface area contributed by atoms with Crippen molar-refractivity contribution in [3.05, 3.63) is 151 Å². The van der Waals surface area contributed by atoms with Gasteiger partial charge in [0.2, 0.25) is 11.8 Å². The van der Waals surface area contributed by atoms with E-state index in [0.29, 0.717) is 30.2 Å². The molecule has 2 N–H and O–H groups in total. The van der Waals surface area contributed by atoms with Crippen LogP contribution in [0.25, 0.3) is 5.57 Å². The number of ether oxygens (including phenoxy) is 1. The predicted octanol–water partition coefficient (Wildman–Crippen LogP) is 7.50. The molecule has 0 aliphatic carbocycles. The zero-order valence-electron chi connectivity index (χ0n) is 32.3. The Kier molecular flexibility index (Phi) is 14.3. The lowest BCUT2D eigenvalue weighted by Crippen LogP contribution is -2.52. The number of hydrogen-bond acceptors (Lipinski definition) is 7. The van der Waals surface area contributed by atoms with E-state index in [-0.39, 0.29) is 30.1 Å². The number of aliphatic hydroxyl groups excluding tert-OH is 1. The minimum absolute atomic E-state index is 0.0959. The molecule has 1 unspecified atom stereocenters. The molecule has 3 amide bonds. The van der Waals surface area contributed by atoms with Crippen LogP contribution in [0.2, 0.25) is 0 Å². The van der Waals surface area contributed by atoms with Gasteiger partial charge in [-0.25, -0.2) is 0 Å². The van der Waals surface area contributed by atoms with Crippen molar-refractivity contribution in [1.82, 2.24) is 20.0 Å². The van der Waals surface area contributed by atoms with E-state index in [1.165, 1.54) is 11.0 Å². The molecule has 55 heavy (non-hydrogen) atoms. The van der Waals surface area contributed by atoms with Gasteiger partial charge < -0.3 is 24.5 Å². The summed E-state index contributed by atoms with van der Waals surface area (Å²) in [5.41, 5.74) is 6.09. The molecule has 4 aliphatic rings. The lowest BCUT2D eigenvalue weighted by Gasteiger charge is -2.38. The number of benzene rings is 1. The molecule has 1 aromatic rings. The SMILES string of the molecule is C=C\C(O)=C/C=C/C(C(=C)/C=C\C(=C)OC1CCN(CC2CCN(C(=C)/C=C3/CN(C4CCC(=O)NC4=O)C(=O)C3=C)CC2)CC1)=C(\CC)c1ccccc1. The maximum absolute atomic E-state index is 12.9. The van der Waals surface area contributed by atoms with Gasteiger partial charge in [-0.3, -0.25) is 19.7 Å². The topological polar surface area (TPSA) is 102 Å². The molecule has 1 atom stereocenters. The molecular weight excluding hydrogens is 689 g/mol. The van der Waals surface area contributed by atoms with Gasteiger partial charge in [0.1, 0.15) is 23.7 Å². The Morgan fingerprint density at radius 3 is 2.33 bits per heavy atom. The Morgan fingerprint density at radius 2 is 1.67 bits per heavy atom. The summed E-state index contributed by atoms with van der Waals surface area (Å²) < 4.78 is 6.30. The first-order valence-electron chi connectivity index (χ1n) is 19.4. The number of likely N-dealkylation sites (tertiary alicyclic amines) is 3. The lowest BCUT2D eigenvalue weighted by molar-refractivity contribution is -0.142. The van der Waals surface area contributed by atoms with Gasteiger partial charge in [-0.05, 0) is 96.6 Å². The largest absolute Gasteiger partial charge is 0.508 e. The first-order chi connectivity index (χ1) is 26.5. The summed E-state index contributed by atoms with van der Waals surface area (Å²) in [6.45, 7) is 27.7. The van der Waals surface area contributed by atoms with Gasteiger partial charge in [-0.15, -0.1) is 0 Å². The van der Waals surface area contributed by atoms with Crippen LogP contribution in [0.5, 0.6) is 0 Å². The van der Waals surface area contributed by atoms with E-state index in [1.54, 1.807) is 12.2 Å². The summed E-state index contributed by atoms with van der Waals surface area (Å²) in [7, 11) is 0. The Labute approximate surface area is 326 Å². The average Bonchev–Trinajstić information content (AvgIpc) is 3.46. The number of hydrogen-bond donors (Lipinski definition) is 2. The van der Waals surface area contributed by atoms with Crippen LogP contribution in [0.15, 0.2) is 145 Å². The minimum atomic E-state index is -0.651. The maximum atomic E-state index is 12.9. The standard InChI is InChI=1S/C46H56N4O5/c1-7-39(51)15-12-16-42(41(8-2)37-13-10-9-11-14-37)32(3)17-18-34(5)55-40-23-25-48(26-24-40)30-36-21-27-49(28-22-36)33(4)29-38-31-50(46(54)35(38)6)43-19-20-44(52)47-45(43)53/h7,9-18,29,36,40,43,51H,1,3-6,8,19-28,30-31H2,2H3,(H,47,52,53)/b16-12+,18-17-,38-29-,39-15+,42-41-. The molecule has 4 saturated heterocycles. The fourth-order valence-corrected chi connectivity index (χ4v) is 7.73. The maximum Gasteiger partial charge on any atom is 0.254 e. The van der Waals surface area contributed by atoms with Gasteiger partial charge in [0.15, 0.2) is 0 Å². The van der Waals surface area contributed by atoms with Crippen LogP contribution in [0, 0.1) is 5.92 Å². The second-order valence-corrected chi connectivity index (χ2v) is 14.7. The van der Waals surface area contributed by atoms with Crippen LogP contribution in [-0.4, -0.2) is 88.9 Å². The van der Waals surface area contributed by atoms with Gasteiger partial charge in [-0.1, -0.05) is 88.4 Å². The average molecular weight is 745 g/mol. The monoisotopic (exact) mass is 744 g/mol. The number of aliphatic hydroxyl groups is 1. The normalized spacial score (nSPS) is 22.1. The van der Waals surface area contributed by atoms with E-state index < -0.39 is 11.9 Å². The molecule has 0 bridgehead atoms. The molecule has 0 aromatic heterocycles. The van der Waals surface area contributed by atoms with Gasteiger partial charge in [0.05, 0.1) is 0 Å². The summed E-state index contributed by atoms with van der Waals surface area (Å²) in [5, 5.41) is 12.2. The van der Waals surface area contributed by atoms with Crippen molar-refractivity contribution in [2.24, 2.45) is 5.92 Å². The summed E-state index contributed by atoms with van der Waals surface area (Å²) in [6.07, 6.45) is 18.0. The molecule has 1 aromatic carbocycles. The molecule has 9 heteroatoms. The summed E-state index contributed by atoms with van der Waals surface area (Å²) in [5.74, 6) is 0.324. The predicted molar refractivity (Wildman–Crippen MR) is 220 cm³/mol. The molecule has 0 saturated carbocycles. The van der Waals surface area contributed by atoms with E-state index in [0.717, 1.165) is 98.4 Å². The highest BCUT2D eigenvalue weighted by Gasteiger charge is 2.40. The van der Waals surface area contributed by atoms with Crippen LogP contribution < -0.4 is 5.32 Å². The molecule has 5 rings (SSSR count). The van der Waals surface area contributed by atoms with E-state index in [4.69, 9.17) is 4.74 Å². The molecule has 0 radical (unpaired) electrons. The fourth-order valence-electron chi connectivity index (χ4n) is 7.73. The first-order valence-corrected chi connectivity index (χ1v) is 19.4. The molecular formula is C46H56N4O5. The minimum Gasteiger partial charge on any atom is -0.508 e. The van der Waals surface area contributed by atoms with Crippen LogP contribution in [0.1, 0.15) is 57.4 Å². The number of piperidine rings is 3. The second kappa shape index (κ2) is 19.3.